The molecule has 0 aromatic carbocycles. The van der Waals surface area contributed by atoms with E-state index >= 15 is 0 Å². The topological polar surface area (TPSA) is 29.1 Å². The number of hydrogen-bond donors (Lipinski definition) is 1. The third-order valence-electron chi connectivity index (χ3n) is 3.59. The second-order valence-corrected chi connectivity index (χ2v) is 5.36. The van der Waals surface area contributed by atoms with E-state index in [1.54, 1.807) is 0 Å². The van der Waals surface area contributed by atoms with Crippen molar-refractivity contribution in [2.24, 2.45) is 0 Å². The van der Waals surface area contributed by atoms with E-state index in [-0.39, 0.29) is 5.78 Å². The summed E-state index contributed by atoms with van der Waals surface area (Å²) in [7, 11) is 0. The van der Waals surface area contributed by atoms with Crippen molar-refractivity contribution in [2.45, 2.75) is 40.5 Å². The molecule has 108 valence electrons. The molecule has 0 spiro atoms. The van der Waals surface area contributed by atoms with Crippen LogP contribution in [0.25, 0.3) is 0 Å². The zero-order valence-electron chi connectivity index (χ0n) is 13.1. The van der Waals surface area contributed by atoms with Gasteiger partial charge in [0.2, 0.25) is 5.78 Å². The van der Waals surface area contributed by atoms with Crippen LogP contribution in [0.2, 0.25) is 0 Å². The largest absolute Gasteiger partial charge is 0.378 e. The zero-order valence-corrected chi connectivity index (χ0v) is 13.1. The lowest BCUT2D eigenvalue weighted by molar-refractivity contribution is -0.113. The van der Waals surface area contributed by atoms with Gasteiger partial charge in [0.1, 0.15) is 0 Å². The molecule has 2 heteroatoms. The summed E-state index contributed by atoms with van der Waals surface area (Å²) in [5.41, 5.74) is 6.00. The average Bonchev–Trinajstić information content (AvgIpc) is 2.44. The lowest BCUT2D eigenvalue weighted by atomic mass is 9.88. The van der Waals surface area contributed by atoms with Crippen LogP contribution >= 0.6 is 0 Å². The van der Waals surface area contributed by atoms with Crippen molar-refractivity contribution >= 4 is 5.78 Å². The van der Waals surface area contributed by atoms with Gasteiger partial charge in [-0.3, -0.25) is 4.79 Å². The van der Waals surface area contributed by atoms with Gasteiger partial charge in [-0.25, -0.2) is 0 Å². The average molecular weight is 271 g/mol. The second kappa shape index (κ2) is 7.09. The van der Waals surface area contributed by atoms with E-state index in [4.69, 9.17) is 0 Å². The molecule has 0 fully saturated rings. The Morgan fingerprint density at radius 2 is 2.00 bits per heavy atom. The summed E-state index contributed by atoms with van der Waals surface area (Å²) in [4.78, 5) is 11.7. The molecule has 0 heterocycles. The Morgan fingerprint density at radius 1 is 1.35 bits per heavy atom. The van der Waals surface area contributed by atoms with Crippen LogP contribution in [-0.2, 0) is 4.79 Å². The van der Waals surface area contributed by atoms with E-state index < -0.39 is 0 Å². The SMILES string of the molecule is C=C/C(=C\C(CNC1=C(C)C(=C)C1=O)=C(C)C)CCC. The number of rotatable bonds is 7. The molecule has 1 aliphatic carbocycles. The van der Waals surface area contributed by atoms with E-state index in [9.17, 15) is 4.79 Å². The first-order valence-corrected chi connectivity index (χ1v) is 7.10. The minimum atomic E-state index is 0.0390. The van der Waals surface area contributed by atoms with Crippen LogP contribution in [0.3, 0.4) is 0 Å². The highest BCUT2D eigenvalue weighted by Gasteiger charge is 2.28. The first-order chi connectivity index (χ1) is 9.42. The number of carbonyl (C=O) groups excluding carboxylic acids is 1. The van der Waals surface area contributed by atoms with Gasteiger partial charge in [0, 0.05) is 12.1 Å². The van der Waals surface area contributed by atoms with E-state index in [1.165, 1.54) is 16.7 Å². The lowest BCUT2D eigenvalue weighted by Gasteiger charge is -2.24. The van der Waals surface area contributed by atoms with Gasteiger partial charge in [0.05, 0.1) is 5.70 Å². The number of hydrogen-bond acceptors (Lipinski definition) is 2. The maximum Gasteiger partial charge on any atom is 0.208 e. The Kier molecular flexibility index (Phi) is 5.75. The molecule has 0 bridgehead atoms. The summed E-state index contributed by atoms with van der Waals surface area (Å²) in [6, 6.07) is 0. The number of Topliss-reactive ketones (excluding diaryl/α,β-unsaturated/α-hetero) is 1. The highest BCUT2D eigenvalue weighted by Crippen LogP contribution is 2.26. The predicted octanol–water partition coefficient (Wildman–Crippen LogP) is 4.24. The molecule has 0 aromatic heterocycles. The molecule has 0 saturated carbocycles. The molecule has 0 unspecified atom stereocenters. The fourth-order valence-corrected chi connectivity index (χ4v) is 2.09. The van der Waals surface area contributed by atoms with Gasteiger partial charge in [-0.05, 0) is 43.9 Å². The van der Waals surface area contributed by atoms with Crippen LogP contribution in [0.4, 0.5) is 0 Å². The van der Waals surface area contributed by atoms with Crippen LogP contribution in [0.1, 0.15) is 40.5 Å². The lowest BCUT2D eigenvalue weighted by Crippen LogP contribution is -2.32. The molecule has 1 rings (SSSR count). The summed E-state index contributed by atoms with van der Waals surface area (Å²) in [6.07, 6.45) is 6.21. The van der Waals surface area contributed by atoms with Crippen molar-refractivity contribution in [3.05, 3.63) is 58.9 Å². The monoisotopic (exact) mass is 271 g/mol. The molecule has 1 aliphatic rings. The Hall–Kier alpha value is -1.83. The van der Waals surface area contributed by atoms with Gasteiger partial charge in [0.25, 0.3) is 0 Å². The maximum absolute atomic E-state index is 11.7. The van der Waals surface area contributed by atoms with Gasteiger partial charge in [-0.15, -0.1) is 0 Å². The second-order valence-electron chi connectivity index (χ2n) is 5.36. The van der Waals surface area contributed by atoms with Gasteiger partial charge in [-0.1, -0.05) is 44.2 Å². The highest BCUT2D eigenvalue weighted by atomic mass is 16.1. The molecule has 0 saturated heterocycles. The Balaban J connectivity index is 2.82. The molecule has 0 radical (unpaired) electrons. The predicted molar refractivity (Wildman–Crippen MR) is 86.4 cm³/mol. The summed E-state index contributed by atoms with van der Waals surface area (Å²) in [6.45, 7) is 16.5. The maximum atomic E-state index is 11.7. The zero-order chi connectivity index (χ0) is 15.3. The number of nitrogens with one attached hydrogen (secondary N) is 1. The first-order valence-electron chi connectivity index (χ1n) is 7.10. The van der Waals surface area contributed by atoms with Gasteiger partial charge in [0.15, 0.2) is 0 Å². The van der Waals surface area contributed by atoms with Gasteiger partial charge < -0.3 is 5.32 Å². The molecule has 1 N–H and O–H groups in total. The third-order valence-corrected chi connectivity index (χ3v) is 3.59. The quantitative estimate of drug-likeness (QED) is 0.554. The molecule has 0 aliphatic heterocycles. The fraction of sp³-hybridized carbons (Fsp3) is 0.389. The Bertz CT molecular complexity index is 526. The molecule has 0 atom stereocenters. The third kappa shape index (κ3) is 3.60. The van der Waals surface area contributed by atoms with Crippen LogP contribution in [0.15, 0.2) is 58.9 Å². The van der Waals surface area contributed by atoms with Gasteiger partial charge >= 0.3 is 0 Å². The first kappa shape index (κ1) is 16.2. The number of ketones is 1. The molecule has 0 aromatic rings. The normalized spacial score (nSPS) is 15.1. The summed E-state index contributed by atoms with van der Waals surface area (Å²) >= 11 is 0. The van der Waals surface area contributed by atoms with Gasteiger partial charge in [-0.2, -0.15) is 0 Å². The number of carbonyl (C=O) groups is 1. The van der Waals surface area contributed by atoms with Crippen molar-refractivity contribution in [3.63, 3.8) is 0 Å². The van der Waals surface area contributed by atoms with Crippen LogP contribution in [0, 0.1) is 0 Å². The highest BCUT2D eigenvalue weighted by molar-refractivity contribution is 6.18. The molecule has 2 nitrogen and oxygen atoms in total. The molecule has 20 heavy (non-hydrogen) atoms. The standard InChI is InChI=1S/C18H25NO/c1-7-9-15(8-2)10-16(12(3)4)11-19-17-13(5)14(6)18(17)20/h8,10,19H,2,6-7,9,11H2,1,3-5H3/b15-10+. The van der Waals surface area contributed by atoms with Crippen molar-refractivity contribution in [1.29, 1.82) is 0 Å². The smallest absolute Gasteiger partial charge is 0.208 e. The molecule has 0 amide bonds. The summed E-state index contributed by atoms with van der Waals surface area (Å²) in [5, 5.41) is 3.23. The Labute approximate surface area is 122 Å². The Morgan fingerprint density at radius 3 is 2.45 bits per heavy atom. The van der Waals surface area contributed by atoms with Crippen LogP contribution in [-0.4, -0.2) is 12.3 Å². The van der Waals surface area contributed by atoms with Crippen molar-refractivity contribution in [3.8, 4) is 0 Å². The minimum Gasteiger partial charge on any atom is -0.378 e. The van der Waals surface area contributed by atoms with E-state index in [0.29, 0.717) is 17.8 Å². The van der Waals surface area contributed by atoms with Crippen molar-refractivity contribution in [1.82, 2.24) is 5.32 Å². The molecular weight excluding hydrogens is 246 g/mol. The van der Waals surface area contributed by atoms with Crippen molar-refractivity contribution in [2.75, 3.05) is 6.54 Å². The van der Waals surface area contributed by atoms with E-state index in [2.05, 4.69) is 45.3 Å². The fourth-order valence-electron chi connectivity index (χ4n) is 2.09. The number of allylic oxidation sites excluding steroid dienone is 5. The summed E-state index contributed by atoms with van der Waals surface area (Å²) < 4.78 is 0. The van der Waals surface area contributed by atoms with Crippen LogP contribution in [0.5, 0.6) is 0 Å². The summed E-state index contributed by atoms with van der Waals surface area (Å²) in [5.74, 6) is 0.0390. The van der Waals surface area contributed by atoms with Crippen molar-refractivity contribution < 1.29 is 4.79 Å². The van der Waals surface area contributed by atoms with E-state index in [0.717, 1.165) is 18.4 Å². The van der Waals surface area contributed by atoms with Crippen LogP contribution < -0.4 is 5.32 Å². The van der Waals surface area contributed by atoms with E-state index in [1.807, 2.05) is 13.0 Å². The molecular formula is C18H25NO. The minimum absolute atomic E-state index is 0.0390.